The summed E-state index contributed by atoms with van der Waals surface area (Å²) >= 11 is 0. The van der Waals surface area contributed by atoms with Crippen LogP contribution in [0.15, 0.2) is 42.5 Å². The van der Waals surface area contributed by atoms with Gasteiger partial charge in [0.15, 0.2) is 0 Å². The number of nitrogens with one attached hydrogen (secondary N) is 1. The highest BCUT2D eigenvalue weighted by Crippen LogP contribution is 2.34. The van der Waals surface area contributed by atoms with Crippen LogP contribution in [0.5, 0.6) is 5.75 Å². The molecule has 2 saturated heterocycles. The summed E-state index contributed by atoms with van der Waals surface area (Å²) in [5, 5.41) is 5.18. The molecular formula is C27H37N3O3. The molecule has 6 heteroatoms. The number of likely N-dealkylation sites (N-methyl/N-ethyl adjacent to an activating group) is 1. The number of ether oxygens (including phenoxy) is 1. The standard InChI is InChI=1S/C27H37N3O3/c1-3-29-15-6-4-5-13-24(29)19-28-27(31)22-11-7-10-21(18-22)25-14-8-12-23(26(25)32-2)20-30-16-9-17-33-30/h7-8,10-12,14,18,24H,3-6,9,13,15-17,19-20H2,1-2H3,(H,28,31)/t24-/m0/s1. The van der Waals surface area contributed by atoms with Crippen molar-refractivity contribution in [2.24, 2.45) is 0 Å². The molecule has 178 valence electrons. The minimum absolute atomic E-state index is 0.0160. The molecule has 6 nitrogen and oxygen atoms in total. The van der Waals surface area contributed by atoms with Crippen LogP contribution in [0.25, 0.3) is 11.1 Å². The molecule has 1 N–H and O–H groups in total. The van der Waals surface area contributed by atoms with Gasteiger partial charge in [-0.15, -0.1) is 0 Å². The van der Waals surface area contributed by atoms with Crippen LogP contribution in [0.1, 0.15) is 54.9 Å². The van der Waals surface area contributed by atoms with Crippen LogP contribution < -0.4 is 10.1 Å². The van der Waals surface area contributed by atoms with Crippen molar-refractivity contribution in [3.8, 4) is 16.9 Å². The number of amides is 1. The van der Waals surface area contributed by atoms with E-state index in [1.807, 2.05) is 35.4 Å². The van der Waals surface area contributed by atoms with Crippen LogP contribution >= 0.6 is 0 Å². The van der Waals surface area contributed by atoms with Crippen LogP contribution in [0.4, 0.5) is 0 Å². The van der Waals surface area contributed by atoms with E-state index in [9.17, 15) is 4.79 Å². The van der Waals surface area contributed by atoms with Gasteiger partial charge in [0, 0.05) is 35.8 Å². The van der Waals surface area contributed by atoms with Gasteiger partial charge in [-0.25, -0.2) is 0 Å². The monoisotopic (exact) mass is 451 g/mol. The van der Waals surface area contributed by atoms with Crippen molar-refractivity contribution in [3.63, 3.8) is 0 Å². The van der Waals surface area contributed by atoms with Crippen molar-refractivity contribution in [2.75, 3.05) is 39.9 Å². The fraction of sp³-hybridized carbons (Fsp3) is 0.519. The first-order valence-corrected chi connectivity index (χ1v) is 12.4. The first-order chi connectivity index (χ1) is 16.2. The number of rotatable bonds is 8. The van der Waals surface area contributed by atoms with Crippen LogP contribution in [-0.4, -0.2) is 61.8 Å². The lowest BCUT2D eigenvalue weighted by molar-refractivity contribution is -0.117. The Hall–Kier alpha value is -2.41. The number of para-hydroxylation sites is 1. The normalized spacial score (nSPS) is 19.9. The van der Waals surface area contributed by atoms with Crippen LogP contribution in [0.2, 0.25) is 0 Å². The van der Waals surface area contributed by atoms with E-state index in [2.05, 4.69) is 29.3 Å². The molecule has 4 rings (SSSR count). The van der Waals surface area contributed by atoms with Gasteiger partial charge in [0.1, 0.15) is 5.75 Å². The number of methoxy groups -OCH3 is 1. The number of hydrogen-bond acceptors (Lipinski definition) is 5. The number of carbonyl (C=O) groups excluding carboxylic acids is 1. The summed E-state index contributed by atoms with van der Waals surface area (Å²) in [6, 6.07) is 14.4. The molecule has 0 aromatic heterocycles. The molecule has 0 unspecified atom stereocenters. The summed E-state index contributed by atoms with van der Waals surface area (Å²) in [5.41, 5.74) is 3.73. The molecule has 0 spiro atoms. The Morgan fingerprint density at radius 2 is 2.00 bits per heavy atom. The Morgan fingerprint density at radius 1 is 1.12 bits per heavy atom. The van der Waals surface area contributed by atoms with Gasteiger partial charge in [-0.1, -0.05) is 50.1 Å². The fourth-order valence-electron chi connectivity index (χ4n) is 5.02. The van der Waals surface area contributed by atoms with Crippen molar-refractivity contribution >= 4 is 5.91 Å². The maximum Gasteiger partial charge on any atom is 0.251 e. The molecule has 0 saturated carbocycles. The molecule has 2 aromatic rings. The van der Waals surface area contributed by atoms with E-state index in [1.54, 1.807) is 7.11 Å². The van der Waals surface area contributed by atoms with Gasteiger partial charge in [-0.2, -0.15) is 5.06 Å². The Kier molecular flexibility index (Phi) is 8.37. The quantitative estimate of drug-likeness (QED) is 0.641. The van der Waals surface area contributed by atoms with E-state index in [0.717, 1.165) is 61.5 Å². The van der Waals surface area contributed by atoms with Gasteiger partial charge < -0.3 is 10.1 Å². The zero-order chi connectivity index (χ0) is 23.0. The van der Waals surface area contributed by atoms with Gasteiger partial charge >= 0.3 is 0 Å². The van der Waals surface area contributed by atoms with E-state index in [-0.39, 0.29) is 5.91 Å². The third kappa shape index (κ3) is 5.94. The Bertz CT molecular complexity index is 927. The molecule has 2 aromatic carbocycles. The lowest BCUT2D eigenvalue weighted by Crippen LogP contribution is -2.43. The number of hydroxylamine groups is 2. The fourth-order valence-corrected chi connectivity index (χ4v) is 5.02. The highest BCUT2D eigenvalue weighted by Gasteiger charge is 2.21. The SMILES string of the molecule is CCN1CCCCC[C@H]1CNC(=O)c1cccc(-c2cccc(CN3CCCO3)c2OC)c1. The smallest absolute Gasteiger partial charge is 0.251 e. The molecule has 2 fully saturated rings. The lowest BCUT2D eigenvalue weighted by atomic mass is 9.99. The van der Waals surface area contributed by atoms with Gasteiger partial charge in [-0.05, 0) is 50.0 Å². The topological polar surface area (TPSA) is 54.0 Å². The molecule has 2 aliphatic heterocycles. The van der Waals surface area contributed by atoms with Crippen molar-refractivity contribution < 1.29 is 14.4 Å². The first kappa shape index (κ1) is 23.7. The molecule has 0 bridgehead atoms. The average molecular weight is 452 g/mol. The zero-order valence-electron chi connectivity index (χ0n) is 20.0. The largest absolute Gasteiger partial charge is 0.496 e. The second-order valence-corrected chi connectivity index (χ2v) is 8.97. The number of benzene rings is 2. The Balaban J connectivity index is 1.48. The predicted molar refractivity (Wildman–Crippen MR) is 131 cm³/mol. The minimum Gasteiger partial charge on any atom is -0.496 e. The molecule has 1 amide bonds. The molecule has 2 heterocycles. The van der Waals surface area contributed by atoms with Crippen molar-refractivity contribution in [2.45, 2.75) is 51.6 Å². The molecular weight excluding hydrogens is 414 g/mol. The van der Waals surface area contributed by atoms with E-state index in [4.69, 9.17) is 9.57 Å². The zero-order valence-corrected chi connectivity index (χ0v) is 20.0. The number of hydrogen-bond donors (Lipinski definition) is 1. The maximum atomic E-state index is 13.0. The summed E-state index contributed by atoms with van der Waals surface area (Å²) in [6.07, 6.45) is 5.99. The van der Waals surface area contributed by atoms with Crippen molar-refractivity contribution in [3.05, 3.63) is 53.6 Å². The van der Waals surface area contributed by atoms with Crippen LogP contribution in [-0.2, 0) is 11.4 Å². The van der Waals surface area contributed by atoms with Gasteiger partial charge in [0.05, 0.1) is 20.3 Å². The number of likely N-dealkylation sites (tertiary alicyclic amines) is 1. The lowest BCUT2D eigenvalue weighted by Gasteiger charge is -2.28. The Labute approximate surface area is 197 Å². The highest BCUT2D eigenvalue weighted by atomic mass is 16.7. The second-order valence-electron chi connectivity index (χ2n) is 8.97. The summed E-state index contributed by atoms with van der Waals surface area (Å²) in [4.78, 5) is 21.2. The molecule has 0 radical (unpaired) electrons. The molecule has 2 aliphatic rings. The van der Waals surface area contributed by atoms with Crippen LogP contribution in [0.3, 0.4) is 0 Å². The van der Waals surface area contributed by atoms with Crippen LogP contribution in [0, 0.1) is 0 Å². The van der Waals surface area contributed by atoms with Gasteiger partial charge in [0.25, 0.3) is 5.91 Å². The van der Waals surface area contributed by atoms with Gasteiger partial charge in [-0.3, -0.25) is 14.5 Å². The summed E-state index contributed by atoms with van der Waals surface area (Å²) in [5.74, 6) is 0.820. The van der Waals surface area contributed by atoms with Gasteiger partial charge in [0.2, 0.25) is 0 Å². The van der Waals surface area contributed by atoms with E-state index in [1.165, 1.54) is 19.3 Å². The summed E-state index contributed by atoms with van der Waals surface area (Å²) < 4.78 is 5.82. The number of carbonyl (C=O) groups is 1. The number of nitrogens with zero attached hydrogens (tertiary/aromatic N) is 2. The Morgan fingerprint density at radius 3 is 2.79 bits per heavy atom. The van der Waals surface area contributed by atoms with Crippen molar-refractivity contribution in [1.82, 2.24) is 15.3 Å². The minimum atomic E-state index is -0.0160. The first-order valence-electron chi connectivity index (χ1n) is 12.4. The third-order valence-electron chi connectivity index (χ3n) is 6.81. The summed E-state index contributed by atoms with van der Waals surface area (Å²) in [7, 11) is 1.70. The molecule has 0 aliphatic carbocycles. The van der Waals surface area contributed by atoms with E-state index >= 15 is 0 Å². The molecule has 33 heavy (non-hydrogen) atoms. The van der Waals surface area contributed by atoms with E-state index in [0.29, 0.717) is 24.7 Å². The van der Waals surface area contributed by atoms with Crippen molar-refractivity contribution in [1.29, 1.82) is 0 Å². The molecule has 1 atom stereocenters. The summed E-state index contributed by atoms with van der Waals surface area (Å²) in [6.45, 7) is 7.47. The average Bonchev–Trinajstić information content (AvgIpc) is 3.25. The van der Waals surface area contributed by atoms with E-state index < -0.39 is 0 Å². The maximum absolute atomic E-state index is 13.0. The second kappa shape index (κ2) is 11.6. The predicted octanol–water partition coefficient (Wildman–Crippen LogP) is 4.49. The third-order valence-corrected chi connectivity index (χ3v) is 6.81. The highest BCUT2D eigenvalue weighted by molar-refractivity contribution is 5.95.